The van der Waals surface area contributed by atoms with Gasteiger partial charge in [0, 0.05) is 122 Å². The number of rotatable bonds is 21. The molecule has 8 aromatic carbocycles. The summed E-state index contributed by atoms with van der Waals surface area (Å²) in [5.74, 6) is 6.20. The van der Waals surface area contributed by atoms with Gasteiger partial charge in [0.05, 0.1) is 41.2 Å². The summed E-state index contributed by atoms with van der Waals surface area (Å²) in [7, 11) is 0. The number of imidazole rings is 4. The van der Waals surface area contributed by atoms with Crippen molar-refractivity contribution in [2.24, 2.45) is 22.9 Å². The molecule has 30 nitrogen and oxygen atoms in total. The number of fused-ring (bicyclic) bond motifs is 4. The first kappa shape index (κ1) is 95.9. The van der Waals surface area contributed by atoms with Gasteiger partial charge in [-0.2, -0.15) is 4.98 Å². The van der Waals surface area contributed by atoms with Crippen molar-refractivity contribution in [1.29, 1.82) is 0 Å². The van der Waals surface area contributed by atoms with Gasteiger partial charge in [0.15, 0.2) is 45.9 Å². The van der Waals surface area contributed by atoms with E-state index in [1.807, 2.05) is 204 Å². The lowest BCUT2D eigenvalue weighted by atomic mass is 9.73. The molecule has 1 aliphatic heterocycles. The predicted octanol–water partition coefficient (Wildman–Crippen LogP) is 21.3. The summed E-state index contributed by atoms with van der Waals surface area (Å²) in [5, 5.41) is 7.39. The molecule has 4 aliphatic carbocycles. The van der Waals surface area contributed by atoms with Crippen LogP contribution in [0, 0.1) is 0 Å². The van der Waals surface area contributed by atoms with Crippen molar-refractivity contribution in [3.8, 4) is 91.2 Å². The number of anilines is 7. The average molecular weight is 1980 g/mol. The summed E-state index contributed by atoms with van der Waals surface area (Å²) in [4.78, 5) is 73.0. The number of nitrogens with zero attached hydrogens (tertiary/aromatic N) is 17. The van der Waals surface area contributed by atoms with E-state index < -0.39 is 0 Å². The van der Waals surface area contributed by atoms with Crippen molar-refractivity contribution in [3.05, 3.63) is 356 Å². The Morgan fingerprint density at radius 3 is 1.16 bits per heavy atom. The highest BCUT2D eigenvalue weighted by Crippen LogP contribution is 2.46. The second-order valence-corrected chi connectivity index (χ2v) is 40.6. The van der Waals surface area contributed by atoms with E-state index >= 15 is 0 Å². The first-order valence-corrected chi connectivity index (χ1v) is 50.8. The number of pyridine rings is 8. The number of hydrogen-bond acceptors (Lipinski definition) is 26. The molecule has 1 saturated heterocycles. The lowest BCUT2D eigenvalue weighted by Crippen LogP contribution is -2.43. The normalized spacial score (nSPS) is 15.2. The highest BCUT2D eigenvalue weighted by molar-refractivity contribution is 7.99. The fourth-order valence-corrected chi connectivity index (χ4v) is 20.4. The summed E-state index contributed by atoms with van der Waals surface area (Å²) in [6, 6.07) is 99.9. The number of benzene rings is 8. The van der Waals surface area contributed by atoms with Gasteiger partial charge in [-0.25, -0.2) is 54.8 Å². The Kier molecular flexibility index (Phi) is 26.1. The summed E-state index contributed by atoms with van der Waals surface area (Å²) in [6.45, 7) is 9.23. The van der Waals surface area contributed by atoms with Gasteiger partial charge in [-0.05, 0) is 320 Å². The topological polar surface area (TPSA) is 445 Å². The number of nitrogen functional groups attached to an aromatic ring is 4. The molecule has 25 rings (SSSR count). The number of ether oxygens (including phenoxy) is 2. The molecule has 0 radical (unpaired) electrons. The zero-order valence-electron chi connectivity index (χ0n) is 82.3. The first-order valence-electron chi connectivity index (χ1n) is 50.0. The van der Waals surface area contributed by atoms with Crippen LogP contribution in [0.25, 0.3) is 124 Å². The highest BCUT2D eigenvalue weighted by atomic mass is 32.2. The van der Waals surface area contributed by atoms with Crippen LogP contribution < -0.4 is 66.1 Å². The van der Waals surface area contributed by atoms with Crippen LogP contribution >= 0.6 is 11.8 Å². The van der Waals surface area contributed by atoms with Crippen molar-refractivity contribution in [2.75, 3.05) is 59.5 Å². The maximum Gasteiger partial charge on any atom is 0.251 e. The molecular weight excluding hydrogens is 1860 g/mol. The zero-order valence-corrected chi connectivity index (χ0v) is 83.2. The molecular formula is C117H113N27O3S. The van der Waals surface area contributed by atoms with Gasteiger partial charge in [0.1, 0.15) is 61.9 Å². The molecule has 0 spiro atoms. The van der Waals surface area contributed by atoms with Crippen LogP contribution in [0.4, 0.5) is 40.5 Å². The molecule has 0 bridgehead atoms. The number of carbonyl (C=O) groups is 1. The van der Waals surface area contributed by atoms with Crippen LogP contribution in [-0.2, 0) is 26.9 Å². The third-order valence-electron chi connectivity index (χ3n) is 28.4. The predicted molar refractivity (Wildman–Crippen MR) is 587 cm³/mol. The van der Waals surface area contributed by atoms with Gasteiger partial charge in [-0.15, -0.1) is 0 Å². The monoisotopic (exact) mass is 1980 g/mol. The van der Waals surface area contributed by atoms with E-state index in [2.05, 4.69) is 173 Å². The number of nitrogens with one attached hydrogen (secondary N) is 2. The van der Waals surface area contributed by atoms with Gasteiger partial charge in [0.2, 0.25) is 5.88 Å². The third-order valence-corrected chi connectivity index (χ3v) is 29.4. The van der Waals surface area contributed by atoms with Crippen LogP contribution in [0.3, 0.4) is 0 Å². The average Bonchev–Trinajstić information content (AvgIpc) is 1.65. The van der Waals surface area contributed by atoms with Gasteiger partial charge in [-0.3, -0.25) is 23.1 Å². The fourth-order valence-electron chi connectivity index (χ4n) is 19.6. The van der Waals surface area contributed by atoms with Gasteiger partial charge >= 0.3 is 0 Å². The number of carbonyl (C=O) groups excluding carboxylic acids is 1. The second-order valence-electron chi connectivity index (χ2n) is 39.5. The first-order chi connectivity index (χ1) is 71.9. The smallest absolute Gasteiger partial charge is 0.251 e. The lowest BCUT2D eigenvalue weighted by Gasteiger charge is -2.38. The van der Waals surface area contributed by atoms with Gasteiger partial charge in [-0.1, -0.05) is 109 Å². The minimum atomic E-state index is -0.334. The summed E-state index contributed by atoms with van der Waals surface area (Å²) < 4.78 is 19.6. The Labute approximate surface area is 860 Å². The van der Waals surface area contributed by atoms with E-state index in [0.29, 0.717) is 69.3 Å². The van der Waals surface area contributed by atoms with Crippen molar-refractivity contribution in [3.63, 3.8) is 0 Å². The quantitative estimate of drug-likeness (QED) is 0.0319. The van der Waals surface area contributed by atoms with E-state index in [-0.39, 0.29) is 33.6 Å². The van der Waals surface area contributed by atoms with Crippen molar-refractivity contribution in [1.82, 2.24) is 83.4 Å². The molecule has 1 amide bonds. The van der Waals surface area contributed by atoms with Gasteiger partial charge < -0.3 is 70.9 Å². The fraction of sp³-hybridized carbons (Fsp3) is 0.205. The maximum atomic E-state index is 12.8. The molecule has 5 fully saturated rings. The molecule has 13 heterocycles. The van der Waals surface area contributed by atoms with Crippen LogP contribution in [-0.4, -0.2) is 116 Å². The molecule has 148 heavy (non-hydrogen) atoms. The van der Waals surface area contributed by atoms with E-state index in [1.165, 1.54) is 30.5 Å². The summed E-state index contributed by atoms with van der Waals surface area (Å²) in [6.07, 6.45) is 19.5. The number of nitrogens with two attached hydrogens (primary N) is 8. The Morgan fingerprint density at radius 2 is 0.750 bits per heavy atom. The molecule has 12 aromatic heterocycles. The maximum absolute atomic E-state index is 12.8. The molecule has 0 unspecified atom stereocenters. The van der Waals surface area contributed by atoms with Crippen LogP contribution in [0.2, 0.25) is 0 Å². The number of amides is 1. The minimum absolute atomic E-state index is 0.126. The molecule has 31 heteroatoms. The SMILES string of the molecule is CC(C)(C)NC(=O)c1cccc(-c2ccc3nc(-c4cccnc4N)n(-c4ccc(C5(N)CCC5)cc4)c3n2)c1.Nc1ncccc1-c1nc2ccc(Nc3ccc(N4CCOCC4)cc3)nc2n1-c1ccc(C2(N)CCC2)cc1.Nc1ncccc1-c1nc2ccc(Oc3ccccc3)nc2n1-c1ccc(C2(N)CCC2)cc1.Nc1ncccc1-c1nc2ccc(Sc3ccccc3)nc2n1-c1ccc(C2(N)CCC2)cc1. The van der Waals surface area contributed by atoms with Crippen molar-refractivity contribution < 1.29 is 14.3 Å². The van der Waals surface area contributed by atoms with Crippen LogP contribution in [0.5, 0.6) is 11.6 Å². The lowest BCUT2D eigenvalue weighted by molar-refractivity contribution is 0.0919. The van der Waals surface area contributed by atoms with Crippen molar-refractivity contribution in [2.45, 2.75) is 135 Å². The second kappa shape index (κ2) is 40.2. The van der Waals surface area contributed by atoms with E-state index in [0.717, 1.165) is 218 Å². The van der Waals surface area contributed by atoms with Crippen LogP contribution in [0.1, 0.15) is 130 Å². The molecule has 0 atom stereocenters. The number of aromatic nitrogens is 16. The molecule has 4 saturated carbocycles. The van der Waals surface area contributed by atoms with Crippen LogP contribution in [0.15, 0.2) is 338 Å². The zero-order chi connectivity index (χ0) is 101. The van der Waals surface area contributed by atoms with E-state index in [1.54, 1.807) is 36.5 Å². The summed E-state index contributed by atoms with van der Waals surface area (Å²) in [5.41, 5.74) is 71.6. The standard InChI is InChI=1S/C32H33N7O.C31H32N8O.C27H24N6O.C27H24N6S/c1-31(2,3)38-30(40)21-8-4-7-20(19-21)25-14-15-26-29(36-25)39(28(37-26)24-9-5-18-35-27(24)33)23-12-10-22(11-13-23)32(34)16-6-17-32;32-28-25(3-1-16-34-28)29-36-26-12-13-27(35-22-6-10-23(11-7-22)38-17-19-40-20-18-38)37-30(26)39(29)24-8-4-21(5-9-24)31(33)14-2-15-31;2*28-24-21(8-4-17-30-24)25-31-22-13-14-23(34-20-6-2-1-3-7-20)32-26(22)33(25)19-11-9-18(10-12-19)27(29)15-5-16-27/h4-5,7-15,18-19H,6,16-17,34H2,1-3H3,(H2,33,35)(H,38,40);1,3-13,16H,2,14-15,17-20,33H2,(H2,32,34)(H,35,37);2*1-4,6-14,17H,5,15-16,29H2,(H2,28,30). The highest BCUT2D eigenvalue weighted by Gasteiger charge is 2.39. The number of para-hydroxylation sites is 1. The van der Waals surface area contributed by atoms with Gasteiger partial charge in [0.25, 0.3) is 5.91 Å². The Balaban J connectivity index is 0.000000112. The van der Waals surface area contributed by atoms with Crippen molar-refractivity contribution >= 4 is 103 Å². The Hall–Kier alpha value is -16.9. The number of morpholine rings is 1. The Bertz CT molecular complexity index is 8030. The largest absolute Gasteiger partial charge is 0.439 e. The number of hydrogen-bond donors (Lipinski definition) is 10. The molecule has 5 aliphatic rings. The summed E-state index contributed by atoms with van der Waals surface area (Å²) >= 11 is 1.63. The molecule has 20 aromatic rings. The molecule has 740 valence electrons. The van der Waals surface area contributed by atoms with E-state index in [9.17, 15) is 4.79 Å². The van der Waals surface area contributed by atoms with E-state index in [4.69, 9.17) is 95.2 Å². The minimum Gasteiger partial charge on any atom is -0.439 e. The molecule has 18 N–H and O–H groups in total. The Morgan fingerprint density at radius 1 is 0.372 bits per heavy atom. The third kappa shape index (κ3) is 19.7.